The van der Waals surface area contributed by atoms with Gasteiger partial charge in [-0.25, -0.2) is 8.78 Å². The lowest BCUT2D eigenvalue weighted by molar-refractivity contribution is 0.584. The number of aryl methyl sites for hydroxylation is 2. The zero-order chi connectivity index (χ0) is 13.3. The minimum Gasteiger partial charge on any atom is -0.376 e. The van der Waals surface area contributed by atoms with Crippen LogP contribution in [0.25, 0.3) is 0 Å². The Bertz CT molecular complexity index is 563. The molecule has 0 spiro atoms. The summed E-state index contributed by atoms with van der Waals surface area (Å²) in [5.41, 5.74) is 1.48. The summed E-state index contributed by atoms with van der Waals surface area (Å²) >= 11 is 1.72. The molecule has 4 heteroatoms. The first-order chi connectivity index (χ1) is 8.47. The summed E-state index contributed by atoms with van der Waals surface area (Å²) in [6.07, 6.45) is 0. The van der Waals surface area contributed by atoms with Crippen LogP contribution in [0.15, 0.2) is 24.3 Å². The van der Waals surface area contributed by atoms with Gasteiger partial charge < -0.3 is 5.32 Å². The summed E-state index contributed by atoms with van der Waals surface area (Å²) in [6.45, 7) is 6.07. The Morgan fingerprint density at radius 2 is 1.89 bits per heavy atom. The summed E-state index contributed by atoms with van der Waals surface area (Å²) in [5, 5.41) is 3.07. The Labute approximate surface area is 109 Å². The molecule has 96 valence electrons. The third-order valence-corrected chi connectivity index (χ3v) is 3.83. The minimum atomic E-state index is -0.563. The number of anilines is 1. The van der Waals surface area contributed by atoms with Gasteiger partial charge in [0.1, 0.15) is 11.6 Å². The van der Waals surface area contributed by atoms with E-state index in [0.717, 1.165) is 11.6 Å². The maximum atomic E-state index is 13.5. The predicted molar refractivity (Wildman–Crippen MR) is 72.2 cm³/mol. The first-order valence-electron chi connectivity index (χ1n) is 5.76. The molecule has 1 atom stereocenters. The largest absolute Gasteiger partial charge is 0.376 e. The second-order valence-electron chi connectivity index (χ2n) is 4.36. The fraction of sp³-hybridized carbons (Fsp3) is 0.286. The van der Waals surface area contributed by atoms with Gasteiger partial charge in [0.2, 0.25) is 0 Å². The Hall–Kier alpha value is -1.42. The summed E-state index contributed by atoms with van der Waals surface area (Å²) in [6, 6.07) is 5.66. The average Bonchev–Trinajstić information content (AvgIpc) is 2.62. The van der Waals surface area contributed by atoms with Crippen molar-refractivity contribution in [3.8, 4) is 0 Å². The number of thiophene rings is 1. The summed E-state index contributed by atoms with van der Waals surface area (Å²) in [4.78, 5) is 2.45. The topological polar surface area (TPSA) is 12.0 Å². The average molecular weight is 267 g/mol. The lowest BCUT2D eigenvalue weighted by Gasteiger charge is -2.16. The van der Waals surface area contributed by atoms with E-state index in [2.05, 4.69) is 11.4 Å². The Morgan fingerprint density at radius 3 is 2.44 bits per heavy atom. The molecule has 1 unspecified atom stereocenters. The number of halogens is 2. The maximum Gasteiger partial charge on any atom is 0.149 e. The van der Waals surface area contributed by atoms with Crippen molar-refractivity contribution in [2.24, 2.45) is 0 Å². The Kier molecular flexibility index (Phi) is 3.66. The molecule has 2 aromatic rings. The number of benzene rings is 1. The lowest BCUT2D eigenvalue weighted by Crippen LogP contribution is -2.08. The van der Waals surface area contributed by atoms with Gasteiger partial charge in [-0.3, -0.25) is 0 Å². The fourth-order valence-electron chi connectivity index (χ4n) is 2.00. The van der Waals surface area contributed by atoms with E-state index in [-0.39, 0.29) is 6.04 Å². The van der Waals surface area contributed by atoms with Crippen molar-refractivity contribution in [3.63, 3.8) is 0 Å². The first kappa shape index (κ1) is 13.0. The molecule has 1 aromatic carbocycles. The zero-order valence-corrected chi connectivity index (χ0v) is 11.4. The van der Waals surface area contributed by atoms with Gasteiger partial charge >= 0.3 is 0 Å². The van der Waals surface area contributed by atoms with Crippen molar-refractivity contribution >= 4 is 17.0 Å². The van der Waals surface area contributed by atoms with E-state index in [9.17, 15) is 8.78 Å². The SMILES string of the molecule is Cc1cc(C(C)Nc2ccc(F)cc2F)c(C)s1. The third kappa shape index (κ3) is 2.70. The molecule has 2 rings (SSSR count). The first-order valence-corrected chi connectivity index (χ1v) is 6.57. The van der Waals surface area contributed by atoms with E-state index in [1.54, 1.807) is 11.3 Å². The van der Waals surface area contributed by atoms with Crippen molar-refractivity contribution in [2.75, 3.05) is 5.32 Å². The third-order valence-electron chi connectivity index (χ3n) is 2.85. The van der Waals surface area contributed by atoms with Crippen LogP contribution in [0.5, 0.6) is 0 Å². The van der Waals surface area contributed by atoms with Crippen LogP contribution >= 0.6 is 11.3 Å². The van der Waals surface area contributed by atoms with E-state index in [1.165, 1.54) is 21.9 Å². The van der Waals surface area contributed by atoms with Crippen LogP contribution in [0.3, 0.4) is 0 Å². The number of hydrogen-bond donors (Lipinski definition) is 1. The van der Waals surface area contributed by atoms with Crippen molar-refractivity contribution in [2.45, 2.75) is 26.8 Å². The molecular formula is C14H15F2NS. The van der Waals surface area contributed by atoms with E-state index < -0.39 is 11.6 Å². The van der Waals surface area contributed by atoms with Crippen LogP contribution in [-0.4, -0.2) is 0 Å². The van der Waals surface area contributed by atoms with Gasteiger partial charge in [0, 0.05) is 21.9 Å². The number of nitrogens with one attached hydrogen (secondary N) is 1. The summed E-state index contributed by atoms with van der Waals surface area (Å²) in [5.74, 6) is -1.13. The highest BCUT2D eigenvalue weighted by atomic mass is 32.1. The molecule has 0 radical (unpaired) electrons. The quantitative estimate of drug-likeness (QED) is 0.841. The Morgan fingerprint density at radius 1 is 1.17 bits per heavy atom. The van der Waals surface area contributed by atoms with Crippen LogP contribution in [0.2, 0.25) is 0 Å². The van der Waals surface area contributed by atoms with Gasteiger partial charge in [0.05, 0.1) is 5.69 Å². The smallest absolute Gasteiger partial charge is 0.149 e. The molecule has 0 saturated heterocycles. The van der Waals surface area contributed by atoms with Crippen molar-refractivity contribution in [3.05, 3.63) is 51.2 Å². The highest BCUT2D eigenvalue weighted by Gasteiger charge is 2.13. The number of rotatable bonds is 3. The molecule has 0 saturated carbocycles. The number of hydrogen-bond acceptors (Lipinski definition) is 2. The standard InChI is InChI=1S/C14H15F2NS/c1-8-6-12(10(3)18-8)9(2)17-14-5-4-11(15)7-13(14)16/h4-7,9,17H,1-3H3. The molecule has 0 aliphatic carbocycles. The molecule has 1 N–H and O–H groups in total. The molecule has 0 bridgehead atoms. The normalized spacial score (nSPS) is 12.5. The molecule has 18 heavy (non-hydrogen) atoms. The maximum absolute atomic E-state index is 13.5. The van der Waals surface area contributed by atoms with Crippen LogP contribution in [0.1, 0.15) is 28.3 Å². The fourth-order valence-corrected chi connectivity index (χ4v) is 3.02. The van der Waals surface area contributed by atoms with E-state index in [1.807, 2.05) is 20.8 Å². The second-order valence-corrected chi connectivity index (χ2v) is 5.82. The van der Waals surface area contributed by atoms with Crippen LogP contribution in [0, 0.1) is 25.5 Å². The summed E-state index contributed by atoms with van der Waals surface area (Å²) in [7, 11) is 0. The van der Waals surface area contributed by atoms with Gasteiger partial charge in [-0.1, -0.05) is 0 Å². The van der Waals surface area contributed by atoms with Crippen molar-refractivity contribution < 1.29 is 8.78 Å². The highest BCUT2D eigenvalue weighted by molar-refractivity contribution is 7.12. The van der Waals surface area contributed by atoms with Crippen LogP contribution in [0.4, 0.5) is 14.5 Å². The second kappa shape index (κ2) is 5.06. The molecule has 0 fully saturated rings. The van der Waals surface area contributed by atoms with E-state index in [0.29, 0.717) is 5.69 Å². The lowest BCUT2D eigenvalue weighted by atomic mass is 10.1. The predicted octanol–water partition coefficient (Wildman–Crippen LogP) is 4.82. The molecular weight excluding hydrogens is 252 g/mol. The van der Waals surface area contributed by atoms with Gasteiger partial charge in [-0.15, -0.1) is 11.3 Å². The zero-order valence-electron chi connectivity index (χ0n) is 10.6. The highest BCUT2D eigenvalue weighted by Crippen LogP contribution is 2.29. The van der Waals surface area contributed by atoms with E-state index >= 15 is 0 Å². The monoisotopic (exact) mass is 267 g/mol. The molecule has 0 amide bonds. The minimum absolute atomic E-state index is 0.00471. The van der Waals surface area contributed by atoms with Gasteiger partial charge in [0.15, 0.2) is 0 Å². The van der Waals surface area contributed by atoms with Gasteiger partial charge in [-0.2, -0.15) is 0 Å². The molecule has 1 aromatic heterocycles. The molecule has 0 aliphatic rings. The molecule has 1 nitrogen and oxygen atoms in total. The van der Waals surface area contributed by atoms with Gasteiger partial charge in [0.25, 0.3) is 0 Å². The summed E-state index contributed by atoms with van der Waals surface area (Å²) < 4.78 is 26.3. The van der Waals surface area contributed by atoms with Crippen LogP contribution < -0.4 is 5.32 Å². The Balaban J connectivity index is 2.21. The molecule has 0 aliphatic heterocycles. The van der Waals surface area contributed by atoms with Gasteiger partial charge in [-0.05, 0) is 44.5 Å². The molecule has 1 heterocycles. The van der Waals surface area contributed by atoms with Crippen molar-refractivity contribution in [1.29, 1.82) is 0 Å². The van der Waals surface area contributed by atoms with E-state index in [4.69, 9.17) is 0 Å². The van der Waals surface area contributed by atoms with Crippen molar-refractivity contribution in [1.82, 2.24) is 0 Å². The van der Waals surface area contributed by atoms with Crippen LogP contribution in [-0.2, 0) is 0 Å².